The quantitative estimate of drug-likeness (QED) is 0.203. The standard InChI is InChI=1S/C16H24N2O7/c1-4-14(17-11(2)3)23-12-5-7-13(8-6-12)24-15(19)9-10-16(20)25-18(21)22/h5-8,11,14,16-17,20H,4,9-10H2,1-3H3. The first-order valence-corrected chi connectivity index (χ1v) is 8.02. The summed E-state index contributed by atoms with van der Waals surface area (Å²) >= 11 is 0. The molecule has 2 atom stereocenters. The molecule has 0 aromatic heterocycles. The molecule has 2 unspecified atom stereocenters. The van der Waals surface area contributed by atoms with Gasteiger partial charge in [-0.1, -0.05) is 6.92 Å². The first-order chi connectivity index (χ1) is 11.8. The molecule has 1 rings (SSSR count). The molecule has 1 aromatic rings. The summed E-state index contributed by atoms with van der Waals surface area (Å²) in [7, 11) is 0. The van der Waals surface area contributed by atoms with Gasteiger partial charge in [0.05, 0.1) is 6.42 Å². The minimum atomic E-state index is -1.65. The Labute approximate surface area is 146 Å². The molecule has 2 N–H and O–H groups in total. The van der Waals surface area contributed by atoms with Crippen molar-refractivity contribution in [1.82, 2.24) is 5.32 Å². The van der Waals surface area contributed by atoms with Gasteiger partial charge in [-0.05, 0) is 44.5 Å². The molecule has 0 spiro atoms. The molecule has 0 amide bonds. The number of benzene rings is 1. The number of aliphatic hydroxyl groups excluding tert-OH is 1. The monoisotopic (exact) mass is 356 g/mol. The summed E-state index contributed by atoms with van der Waals surface area (Å²) in [5, 5.41) is 21.3. The van der Waals surface area contributed by atoms with Crippen molar-refractivity contribution in [2.24, 2.45) is 0 Å². The molecule has 0 saturated heterocycles. The summed E-state index contributed by atoms with van der Waals surface area (Å²) in [5.41, 5.74) is 0. The summed E-state index contributed by atoms with van der Waals surface area (Å²) < 4.78 is 10.9. The Kier molecular flexibility index (Phi) is 8.65. The fourth-order valence-corrected chi connectivity index (χ4v) is 1.93. The van der Waals surface area contributed by atoms with Crippen LogP contribution in [0.25, 0.3) is 0 Å². The van der Waals surface area contributed by atoms with Crippen molar-refractivity contribution in [2.75, 3.05) is 0 Å². The lowest BCUT2D eigenvalue weighted by molar-refractivity contribution is -0.780. The maximum absolute atomic E-state index is 11.6. The van der Waals surface area contributed by atoms with E-state index in [1.165, 1.54) is 0 Å². The molecule has 0 aliphatic rings. The number of hydrogen-bond donors (Lipinski definition) is 2. The molecule has 0 fully saturated rings. The number of carbonyl (C=O) groups excluding carboxylic acids is 1. The van der Waals surface area contributed by atoms with Gasteiger partial charge in [0.15, 0.2) is 0 Å². The van der Waals surface area contributed by atoms with Gasteiger partial charge in [0.1, 0.15) is 17.7 Å². The third-order valence-corrected chi connectivity index (χ3v) is 3.03. The highest BCUT2D eigenvalue weighted by Crippen LogP contribution is 2.19. The zero-order valence-corrected chi connectivity index (χ0v) is 14.5. The molecule has 0 saturated carbocycles. The van der Waals surface area contributed by atoms with E-state index in [4.69, 9.17) is 14.6 Å². The first-order valence-electron chi connectivity index (χ1n) is 8.02. The van der Waals surface area contributed by atoms with Crippen molar-refractivity contribution < 1.29 is 29.3 Å². The predicted molar refractivity (Wildman–Crippen MR) is 88.4 cm³/mol. The van der Waals surface area contributed by atoms with E-state index in [1.54, 1.807) is 24.3 Å². The van der Waals surface area contributed by atoms with Crippen LogP contribution in [0, 0.1) is 10.1 Å². The van der Waals surface area contributed by atoms with Crippen LogP contribution in [-0.4, -0.2) is 34.7 Å². The fourth-order valence-electron chi connectivity index (χ4n) is 1.93. The van der Waals surface area contributed by atoms with Crippen LogP contribution in [0.3, 0.4) is 0 Å². The Morgan fingerprint density at radius 2 is 1.88 bits per heavy atom. The highest BCUT2D eigenvalue weighted by Gasteiger charge is 2.13. The lowest BCUT2D eigenvalue weighted by Gasteiger charge is -2.21. The van der Waals surface area contributed by atoms with E-state index in [0.29, 0.717) is 17.5 Å². The Hall–Kier alpha value is -2.39. The fraction of sp³-hybridized carbons (Fsp3) is 0.562. The maximum Gasteiger partial charge on any atom is 0.311 e. The van der Waals surface area contributed by atoms with Crippen LogP contribution in [-0.2, 0) is 9.63 Å². The Morgan fingerprint density at radius 1 is 1.28 bits per heavy atom. The van der Waals surface area contributed by atoms with E-state index in [-0.39, 0.29) is 19.1 Å². The van der Waals surface area contributed by atoms with Crippen molar-refractivity contribution in [3.05, 3.63) is 34.4 Å². The number of esters is 1. The second kappa shape index (κ2) is 10.5. The summed E-state index contributed by atoms with van der Waals surface area (Å²) in [5.74, 6) is 0.314. The van der Waals surface area contributed by atoms with E-state index in [1.807, 2.05) is 20.8 Å². The number of aliphatic hydroxyl groups is 1. The van der Waals surface area contributed by atoms with Crippen molar-refractivity contribution in [2.45, 2.75) is 58.6 Å². The lowest BCUT2D eigenvalue weighted by atomic mass is 10.3. The summed E-state index contributed by atoms with van der Waals surface area (Å²) in [4.78, 5) is 25.5. The normalized spacial score (nSPS) is 13.2. The van der Waals surface area contributed by atoms with Crippen LogP contribution in [0.2, 0.25) is 0 Å². The molecule has 140 valence electrons. The maximum atomic E-state index is 11.6. The molecule has 9 heteroatoms. The molecule has 9 nitrogen and oxygen atoms in total. The van der Waals surface area contributed by atoms with Gasteiger partial charge in [-0.25, -0.2) is 0 Å². The largest absolute Gasteiger partial charge is 0.475 e. The summed E-state index contributed by atoms with van der Waals surface area (Å²) in [6, 6.07) is 6.81. The smallest absolute Gasteiger partial charge is 0.311 e. The van der Waals surface area contributed by atoms with E-state index < -0.39 is 17.3 Å². The molecule has 25 heavy (non-hydrogen) atoms. The zero-order valence-electron chi connectivity index (χ0n) is 14.5. The van der Waals surface area contributed by atoms with Crippen molar-refractivity contribution >= 4 is 5.97 Å². The second-order valence-corrected chi connectivity index (χ2v) is 5.60. The van der Waals surface area contributed by atoms with Crippen LogP contribution in [0.4, 0.5) is 0 Å². The third-order valence-electron chi connectivity index (χ3n) is 3.03. The zero-order chi connectivity index (χ0) is 18.8. The van der Waals surface area contributed by atoms with Crippen LogP contribution in [0.5, 0.6) is 11.5 Å². The molecule has 0 heterocycles. The van der Waals surface area contributed by atoms with Crippen LogP contribution < -0.4 is 14.8 Å². The average Bonchev–Trinajstić information content (AvgIpc) is 2.53. The van der Waals surface area contributed by atoms with Crippen LogP contribution in [0.15, 0.2) is 24.3 Å². The molecular weight excluding hydrogens is 332 g/mol. The third kappa shape index (κ3) is 8.87. The van der Waals surface area contributed by atoms with Gasteiger partial charge in [-0.15, -0.1) is 10.1 Å². The molecule has 0 aliphatic carbocycles. The first kappa shape index (κ1) is 20.7. The Balaban J connectivity index is 2.45. The predicted octanol–water partition coefficient (Wildman–Crippen LogP) is 2.01. The second-order valence-electron chi connectivity index (χ2n) is 5.60. The van der Waals surface area contributed by atoms with Gasteiger partial charge in [-0.2, -0.15) is 0 Å². The highest BCUT2D eigenvalue weighted by atomic mass is 17.0. The topological polar surface area (TPSA) is 120 Å². The van der Waals surface area contributed by atoms with Gasteiger partial charge in [0, 0.05) is 12.5 Å². The number of ether oxygens (including phenoxy) is 2. The molecule has 0 bridgehead atoms. The molecular formula is C16H24N2O7. The Morgan fingerprint density at radius 3 is 2.40 bits per heavy atom. The van der Waals surface area contributed by atoms with Crippen LogP contribution >= 0.6 is 0 Å². The number of rotatable bonds is 11. The molecule has 1 aromatic carbocycles. The van der Waals surface area contributed by atoms with Crippen molar-refractivity contribution in [3.63, 3.8) is 0 Å². The van der Waals surface area contributed by atoms with Gasteiger partial charge in [0.2, 0.25) is 6.29 Å². The summed E-state index contributed by atoms with van der Waals surface area (Å²) in [6.07, 6.45) is -1.43. The van der Waals surface area contributed by atoms with Crippen LogP contribution in [0.1, 0.15) is 40.0 Å². The van der Waals surface area contributed by atoms with E-state index >= 15 is 0 Å². The Bertz CT molecular complexity index is 548. The van der Waals surface area contributed by atoms with Crippen molar-refractivity contribution in [1.29, 1.82) is 0 Å². The molecule has 0 radical (unpaired) electrons. The van der Waals surface area contributed by atoms with E-state index in [0.717, 1.165) is 6.42 Å². The van der Waals surface area contributed by atoms with Gasteiger partial charge >= 0.3 is 5.97 Å². The SMILES string of the molecule is CCC(NC(C)C)Oc1ccc(OC(=O)CCC(O)O[N+](=O)[O-])cc1. The molecule has 0 aliphatic heterocycles. The van der Waals surface area contributed by atoms with E-state index in [2.05, 4.69) is 10.2 Å². The van der Waals surface area contributed by atoms with Gasteiger partial charge in [-0.3, -0.25) is 14.9 Å². The lowest BCUT2D eigenvalue weighted by Crippen LogP contribution is -2.38. The number of nitrogens with one attached hydrogen (secondary N) is 1. The summed E-state index contributed by atoms with van der Waals surface area (Å²) in [6.45, 7) is 6.07. The average molecular weight is 356 g/mol. The number of nitrogens with zero attached hydrogens (tertiary/aromatic N) is 1. The van der Waals surface area contributed by atoms with Crippen molar-refractivity contribution in [3.8, 4) is 11.5 Å². The highest BCUT2D eigenvalue weighted by molar-refractivity contribution is 5.72. The van der Waals surface area contributed by atoms with Gasteiger partial charge < -0.3 is 14.6 Å². The number of hydrogen-bond acceptors (Lipinski definition) is 8. The number of carbonyl (C=O) groups is 1. The van der Waals surface area contributed by atoms with Gasteiger partial charge in [0.25, 0.3) is 5.09 Å². The van der Waals surface area contributed by atoms with E-state index in [9.17, 15) is 14.9 Å². The minimum absolute atomic E-state index is 0.114. The minimum Gasteiger partial charge on any atom is -0.475 e.